The van der Waals surface area contributed by atoms with Crippen molar-refractivity contribution in [2.75, 3.05) is 31.3 Å². The van der Waals surface area contributed by atoms with E-state index in [4.69, 9.17) is 18.9 Å². The minimum absolute atomic E-state index is 0.0692. The first-order chi connectivity index (χ1) is 11.6. The summed E-state index contributed by atoms with van der Waals surface area (Å²) in [5.74, 6) is -0.0507. The van der Waals surface area contributed by atoms with Gasteiger partial charge in [-0.3, -0.25) is 4.90 Å². The summed E-state index contributed by atoms with van der Waals surface area (Å²) >= 11 is 0. The summed E-state index contributed by atoms with van der Waals surface area (Å²) in [5.41, 5.74) is 0.708. The van der Waals surface area contributed by atoms with Crippen LogP contribution >= 0.6 is 0 Å². The average Bonchev–Trinajstić information content (AvgIpc) is 3.25. The number of anilines is 1. The second-order valence-corrected chi connectivity index (χ2v) is 5.79. The largest absolute Gasteiger partial charge is 0.447 e. The Kier molecular flexibility index (Phi) is 5.32. The number of benzene rings is 1. The lowest BCUT2D eigenvalue weighted by Gasteiger charge is -2.16. The zero-order valence-corrected chi connectivity index (χ0v) is 13.6. The van der Waals surface area contributed by atoms with Gasteiger partial charge in [0.05, 0.1) is 19.3 Å². The van der Waals surface area contributed by atoms with Crippen LogP contribution in [0.1, 0.15) is 19.8 Å². The van der Waals surface area contributed by atoms with Crippen molar-refractivity contribution < 1.29 is 28.5 Å². The van der Waals surface area contributed by atoms with Crippen LogP contribution in [-0.2, 0) is 19.0 Å². The van der Waals surface area contributed by atoms with E-state index in [0.29, 0.717) is 31.2 Å². The van der Waals surface area contributed by atoms with Gasteiger partial charge in [-0.1, -0.05) is 0 Å². The van der Waals surface area contributed by atoms with Crippen LogP contribution in [0.15, 0.2) is 24.3 Å². The molecule has 1 aromatic rings. The second-order valence-electron chi connectivity index (χ2n) is 5.79. The first kappa shape index (κ1) is 16.7. The molecule has 0 spiro atoms. The molecule has 0 radical (unpaired) electrons. The minimum Gasteiger partial charge on any atom is -0.447 e. The van der Waals surface area contributed by atoms with Crippen LogP contribution in [0, 0.1) is 0 Å². The molecule has 0 unspecified atom stereocenters. The highest BCUT2D eigenvalue weighted by molar-refractivity contribution is 5.89. The fraction of sp³-hybridized carbons (Fsp3) is 0.529. The molecule has 130 valence electrons. The molecule has 7 nitrogen and oxygen atoms in total. The van der Waals surface area contributed by atoms with E-state index in [1.54, 1.807) is 31.2 Å². The van der Waals surface area contributed by atoms with Gasteiger partial charge in [0.2, 0.25) is 0 Å². The van der Waals surface area contributed by atoms with Crippen LogP contribution in [0.25, 0.3) is 0 Å². The molecule has 3 rings (SSSR count). The van der Waals surface area contributed by atoms with Gasteiger partial charge in [0.15, 0.2) is 6.10 Å². The average molecular weight is 335 g/mol. The molecule has 1 amide bonds. The quantitative estimate of drug-likeness (QED) is 0.586. The first-order valence-electron chi connectivity index (χ1n) is 8.13. The topological polar surface area (TPSA) is 74.3 Å². The van der Waals surface area contributed by atoms with Gasteiger partial charge in [0.1, 0.15) is 12.4 Å². The number of hydrogen-bond acceptors (Lipinski definition) is 6. The van der Waals surface area contributed by atoms with Crippen LogP contribution < -0.4 is 9.64 Å². The number of hydrogen-bond donors (Lipinski definition) is 0. The minimum atomic E-state index is -0.664. The summed E-state index contributed by atoms with van der Waals surface area (Å²) in [4.78, 5) is 25.1. The highest BCUT2D eigenvalue weighted by atomic mass is 16.6. The summed E-state index contributed by atoms with van der Waals surface area (Å²) in [7, 11) is 0. The molecule has 0 bridgehead atoms. The number of carbonyl (C=O) groups is 2. The Hall–Kier alpha value is -2.12. The standard InChI is InChI=1S/C17H21NO6/c1-12(23-11-15-3-2-9-21-15)16(19)24-14-6-4-13(5-7-14)18-8-10-22-17(18)20/h4-7,12,15H,2-3,8-11H2,1H3/t12-,15+/m0/s1. The van der Waals surface area contributed by atoms with Crippen LogP contribution in [0.5, 0.6) is 5.75 Å². The highest BCUT2D eigenvalue weighted by Gasteiger charge is 2.24. The van der Waals surface area contributed by atoms with E-state index in [9.17, 15) is 9.59 Å². The molecule has 2 fully saturated rings. The summed E-state index contributed by atoms with van der Waals surface area (Å²) < 4.78 is 21.1. The maximum absolute atomic E-state index is 12.0. The van der Waals surface area contributed by atoms with Gasteiger partial charge in [-0.25, -0.2) is 9.59 Å². The molecule has 2 heterocycles. The Morgan fingerprint density at radius 1 is 1.33 bits per heavy atom. The SMILES string of the molecule is C[C@H](OC[C@H]1CCCO1)C(=O)Oc1ccc(N2CCOC2=O)cc1. The molecule has 2 aliphatic rings. The predicted octanol–water partition coefficient (Wildman–Crippen LogP) is 2.13. The molecule has 7 heteroatoms. The van der Waals surface area contributed by atoms with Crippen LogP contribution in [0.2, 0.25) is 0 Å². The third kappa shape index (κ3) is 4.04. The Bertz CT molecular complexity index is 581. The normalized spacial score (nSPS) is 21.6. The fourth-order valence-corrected chi connectivity index (χ4v) is 2.62. The van der Waals surface area contributed by atoms with Crippen molar-refractivity contribution in [1.82, 2.24) is 0 Å². The third-order valence-corrected chi connectivity index (χ3v) is 4.02. The van der Waals surface area contributed by atoms with Crippen LogP contribution in [0.4, 0.5) is 10.5 Å². The lowest BCUT2D eigenvalue weighted by Crippen LogP contribution is -2.29. The fourth-order valence-electron chi connectivity index (χ4n) is 2.62. The zero-order chi connectivity index (χ0) is 16.9. The number of cyclic esters (lactones) is 1. The maximum atomic E-state index is 12.0. The molecule has 24 heavy (non-hydrogen) atoms. The molecule has 2 saturated heterocycles. The van der Waals surface area contributed by atoms with Gasteiger partial charge in [-0.05, 0) is 44.0 Å². The van der Waals surface area contributed by atoms with E-state index in [-0.39, 0.29) is 12.2 Å². The van der Waals surface area contributed by atoms with E-state index in [1.165, 1.54) is 4.90 Å². The van der Waals surface area contributed by atoms with Crippen molar-refractivity contribution >= 4 is 17.7 Å². The number of ether oxygens (including phenoxy) is 4. The van der Waals surface area contributed by atoms with Crippen LogP contribution in [-0.4, -0.2) is 50.6 Å². The van der Waals surface area contributed by atoms with Crippen molar-refractivity contribution in [3.63, 3.8) is 0 Å². The van der Waals surface area contributed by atoms with Gasteiger partial charge in [0.25, 0.3) is 0 Å². The molecule has 0 N–H and O–H groups in total. The highest BCUT2D eigenvalue weighted by Crippen LogP contribution is 2.22. The van der Waals surface area contributed by atoms with Crippen molar-refractivity contribution in [1.29, 1.82) is 0 Å². The molecule has 0 aliphatic carbocycles. The number of amides is 1. The summed E-state index contributed by atoms with van der Waals surface area (Å²) in [6, 6.07) is 6.72. The van der Waals surface area contributed by atoms with E-state index in [0.717, 1.165) is 19.4 Å². The third-order valence-electron chi connectivity index (χ3n) is 4.02. The maximum Gasteiger partial charge on any atom is 0.414 e. The lowest BCUT2D eigenvalue weighted by atomic mass is 10.2. The molecule has 0 saturated carbocycles. The molecule has 0 aromatic heterocycles. The summed E-state index contributed by atoms with van der Waals surface area (Å²) in [6.45, 7) is 3.71. The number of nitrogens with zero attached hydrogens (tertiary/aromatic N) is 1. The molecule has 2 atom stereocenters. The Balaban J connectivity index is 1.49. The first-order valence-corrected chi connectivity index (χ1v) is 8.13. The summed E-state index contributed by atoms with van der Waals surface area (Å²) in [5, 5.41) is 0. The van der Waals surface area contributed by atoms with Crippen molar-refractivity contribution in [3.8, 4) is 5.75 Å². The van der Waals surface area contributed by atoms with Gasteiger partial charge >= 0.3 is 12.1 Å². The van der Waals surface area contributed by atoms with E-state index >= 15 is 0 Å². The van der Waals surface area contributed by atoms with Crippen molar-refractivity contribution in [3.05, 3.63) is 24.3 Å². The second kappa shape index (κ2) is 7.63. The van der Waals surface area contributed by atoms with Crippen molar-refractivity contribution in [2.45, 2.75) is 32.0 Å². The number of esters is 1. The smallest absolute Gasteiger partial charge is 0.414 e. The Morgan fingerprint density at radius 2 is 2.12 bits per heavy atom. The van der Waals surface area contributed by atoms with E-state index in [1.807, 2.05) is 0 Å². The van der Waals surface area contributed by atoms with Crippen LogP contribution in [0.3, 0.4) is 0 Å². The molecular formula is C17H21NO6. The zero-order valence-electron chi connectivity index (χ0n) is 13.6. The number of carbonyl (C=O) groups excluding carboxylic acids is 2. The van der Waals surface area contributed by atoms with E-state index < -0.39 is 12.1 Å². The molecular weight excluding hydrogens is 314 g/mol. The Labute approximate surface area is 140 Å². The Morgan fingerprint density at radius 3 is 2.75 bits per heavy atom. The number of rotatable bonds is 6. The lowest BCUT2D eigenvalue weighted by molar-refractivity contribution is -0.148. The monoisotopic (exact) mass is 335 g/mol. The molecule has 2 aliphatic heterocycles. The predicted molar refractivity (Wildman–Crippen MR) is 85.2 cm³/mol. The van der Waals surface area contributed by atoms with Gasteiger partial charge < -0.3 is 18.9 Å². The van der Waals surface area contributed by atoms with Gasteiger partial charge in [0, 0.05) is 12.3 Å². The van der Waals surface area contributed by atoms with Gasteiger partial charge in [-0.15, -0.1) is 0 Å². The molecule has 1 aromatic carbocycles. The summed E-state index contributed by atoms with van der Waals surface area (Å²) in [6.07, 6.45) is 1.03. The van der Waals surface area contributed by atoms with Crippen molar-refractivity contribution in [2.24, 2.45) is 0 Å². The van der Waals surface area contributed by atoms with E-state index in [2.05, 4.69) is 0 Å². The van der Waals surface area contributed by atoms with Gasteiger partial charge in [-0.2, -0.15) is 0 Å².